The summed E-state index contributed by atoms with van der Waals surface area (Å²) in [6.07, 6.45) is 1.73. The van der Waals surface area contributed by atoms with Crippen LogP contribution in [0.1, 0.15) is 48.2 Å². The van der Waals surface area contributed by atoms with Gasteiger partial charge in [-0.15, -0.1) is 0 Å². The highest BCUT2D eigenvalue weighted by molar-refractivity contribution is 5.87. The molecule has 2 aliphatic rings. The molecule has 2 aromatic carbocycles. The van der Waals surface area contributed by atoms with E-state index < -0.39 is 0 Å². The van der Waals surface area contributed by atoms with E-state index in [0.29, 0.717) is 22.6 Å². The molecule has 162 valence electrons. The summed E-state index contributed by atoms with van der Waals surface area (Å²) in [6.45, 7) is 6.16. The Morgan fingerprint density at radius 1 is 0.767 bits per heavy atom. The van der Waals surface area contributed by atoms with Gasteiger partial charge in [-0.25, -0.2) is 0 Å². The van der Waals surface area contributed by atoms with Crippen molar-refractivity contribution < 1.29 is 19.7 Å². The molecular weight excluding hydrogens is 380 g/mol. The maximum absolute atomic E-state index is 11.3. The van der Waals surface area contributed by atoms with Crippen molar-refractivity contribution in [2.75, 3.05) is 41.4 Å². The van der Waals surface area contributed by atoms with Crippen LogP contribution in [-0.4, -0.2) is 61.4 Å². The van der Waals surface area contributed by atoms with Gasteiger partial charge in [0, 0.05) is 36.3 Å². The zero-order valence-corrected chi connectivity index (χ0v) is 18.7. The second-order valence-corrected chi connectivity index (χ2v) is 8.56. The zero-order valence-electron chi connectivity index (χ0n) is 18.7. The molecule has 0 aromatic heterocycles. The smallest absolute Gasteiger partial charge is 0.166 e. The van der Waals surface area contributed by atoms with E-state index in [0.717, 1.165) is 48.2 Å². The molecule has 6 nitrogen and oxygen atoms in total. The largest absolute Gasteiger partial charge is 0.504 e. The number of hydrogen-bond acceptors (Lipinski definition) is 6. The van der Waals surface area contributed by atoms with Crippen molar-refractivity contribution in [1.29, 1.82) is 0 Å². The lowest BCUT2D eigenvalue weighted by molar-refractivity contribution is 0.244. The van der Waals surface area contributed by atoms with E-state index in [1.54, 1.807) is 14.2 Å². The number of nitrogens with zero attached hydrogens (tertiary/aromatic N) is 2. The quantitative estimate of drug-likeness (QED) is 0.798. The summed E-state index contributed by atoms with van der Waals surface area (Å²) < 4.78 is 11.1. The Morgan fingerprint density at radius 3 is 1.47 bits per heavy atom. The second-order valence-electron chi connectivity index (χ2n) is 8.56. The zero-order chi connectivity index (χ0) is 21.7. The number of benzene rings is 2. The number of methoxy groups -OCH3 is 2. The first-order valence-electron chi connectivity index (χ1n) is 10.6. The van der Waals surface area contributed by atoms with Gasteiger partial charge in [-0.05, 0) is 75.2 Å². The molecule has 0 spiro atoms. The number of phenols is 2. The first kappa shape index (κ1) is 20.8. The Kier molecular flexibility index (Phi) is 5.32. The second kappa shape index (κ2) is 7.67. The highest BCUT2D eigenvalue weighted by atomic mass is 16.5. The van der Waals surface area contributed by atoms with Gasteiger partial charge in [-0.1, -0.05) is 0 Å². The summed E-state index contributed by atoms with van der Waals surface area (Å²) in [5.41, 5.74) is 5.73. The Hall–Kier alpha value is -2.44. The predicted molar refractivity (Wildman–Crippen MR) is 118 cm³/mol. The van der Waals surface area contributed by atoms with Crippen LogP contribution in [0.2, 0.25) is 0 Å². The van der Waals surface area contributed by atoms with Gasteiger partial charge < -0.3 is 19.7 Å². The normalized spacial score (nSPS) is 21.8. The van der Waals surface area contributed by atoms with E-state index in [9.17, 15) is 10.2 Å². The maximum Gasteiger partial charge on any atom is 0.166 e. The number of ether oxygens (including phenoxy) is 2. The molecule has 0 aliphatic carbocycles. The lowest BCUT2D eigenvalue weighted by Crippen LogP contribution is -2.32. The lowest BCUT2D eigenvalue weighted by Gasteiger charge is -2.38. The van der Waals surface area contributed by atoms with Crippen molar-refractivity contribution in [3.05, 3.63) is 34.4 Å². The minimum atomic E-state index is 0.0737. The lowest BCUT2D eigenvalue weighted by atomic mass is 9.80. The first-order valence-corrected chi connectivity index (χ1v) is 10.6. The first-order chi connectivity index (χ1) is 14.3. The Labute approximate surface area is 178 Å². The van der Waals surface area contributed by atoms with E-state index in [-0.39, 0.29) is 23.6 Å². The standard InChI is InChI=1S/C24H32N2O4/c1-13-19-15(7-9-25(13)3)11-17(29-5)23(27)21(19)22-20-14(2)26(4)10-8-16(20)12-18(30-6)24(22)28/h11-14,27-28H,7-10H2,1-6H3/t13-,14-/m0/s1. The van der Waals surface area contributed by atoms with Crippen LogP contribution in [-0.2, 0) is 12.8 Å². The molecule has 2 aromatic rings. The van der Waals surface area contributed by atoms with Crippen LogP contribution < -0.4 is 9.47 Å². The molecule has 0 amide bonds. The van der Waals surface area contributed by atoms with Crippen LogP contribution in [0, 0.1) is 0 Å². The molecule has 0 saturated heterocycles. The fourth-order valence-corrected chi connectivity index (χ4v) is 5.04. The summed E-state index contributed by atoms with van der Waals surface area (Å²) in [5.74, 6) is 1.02. The highest BCUT2D eigenvalue weighted by Gasteiger charge is 2.35. The molecule has 0 unspecified atom stereocenters. The molecule has 30 heavy (non-hydrogen) atoms. The van der Waals surface area contributed by atoms with Crippen LogP contribution in [0.5, 0.6) is 23.0 Å². The number of likely N-dealkylation sites (N-methyl/N-ethyl adjacent to an activating group) is 2. The number of phenolic OH excluding ortho intramolecular Hbond substituents is 2. The predicted octanol–water partition coefficient (Wildman–Crippen LogP) is 3.88. The van der Waals surface area contributed by atoms with E-state index >= 15 is 0 Å². The van der Waals surface area contributed by atoms with E-state index in [1.165, 1.54) is 0 Å². The average Bonchev–Trinajstić information content (AvgIpc) is 2.74. The molecule has 0 bridgehead atoms. The third-order valence-corrected chi connectivity index (χ3v) is 7.10. The van der Waals surface area contributed by atoms with Crippen molar-refractivity contribution in [3.63, 3.8) is 0 Å². The van der Waals surface area contributed by atoms with E-state index in [2.05, 4.69) is 37.7 Å². The summed E-state index contributed by atoms with van der Waals surface area (Å²) in [4.78, 5) is 4.55. The highest BCUT2D eigenvalue weighted by Crippen LogP contribution is 2.54. The van der Waals surface area contributed by atoms with Crippen molar-refractivity contribution in [1.82, 2.24) is 9.80 Å². The third kappa shape index (κ3) is 3.01. The van der Waals surface area contributed by atoms with Crippen LogP contribution in [0.15, 0.2) is 12.1 Å². The number of hydrogen-bond donors (Lipinski definition) is 2. The van der Waals surface area contributed by atoms with Crippen LogP contribution in [0.25, 0.3) is 11.1 Å². The van der Waals surface area contributed by atoms with Crippen molar-refractivity contribution >= 4 is 0 Å². The van der Waals surface area contributed by atoms with Crippen molar-refractivity contribution in [2.45, 2.75) is 38.8 Å². The average molecular weight is 413 g/mol. The summed E-state index contributed by atoms with van der Waals surface area (Å²) >= 11 is 0. The van der Waals surface area contributed by atoms with Gasteiger partial charge in [-0.3, -0.25) is 9.80 Å². The number of aromatic hydroxyl groups is 2. The maximum atomic E-state index is 11.3. The third-order valence-electron chi connectivity index (χ3n) is 7.10. The SMILES string of the molecule is COc1cc2c(c(-c3c(O)c(OC)cc4c3[C@H](C)N(C)CC4)c1O)[C@H](C)N(C)CC2. The monoisotopic (exact) mass is 412 g/mol. The molecule has 2 aliphatic heterocycles. The van der Waals surface area contributed by atoms with Gasteiger partial charge in [0.05, 0.1) is 14.2 Å². The van der Waals surface area contributed by atoms with Gasteiger partial charge >= 0.3 is 0 Å². The molecular formula is C24H32N2O4. The molecule has 6 heteroatoms. The number of fused-ring (bicyclic) bond motifs is 2. The Morgan fingerprint density at radius 2 is 1.13 bits per heavy atom. The fraction of sp³-hybridized carbons (Fsp3) is 0.500. The molecule has 2 N–H and O–H groups in total. The number of rotatable bonds is 3. The summed E-state index contributed by atoms with van der Waals surface area (Å²) in [5, 5.41) is 22.7. The van der Waals surface area contributed by atoms with Gasteiger partial charge in [0.2, 0.25) is 0 Å². The molecule has 0 fully saturated rings. The minimum absolute atomic E-state index is 0.0737. The summed E-state index contributed by atoms with van der Waals surface area (Å²) in [7, 11) is 7.33. The Bertz CT molecular complexity index is 909. The van der Waals surface area contributed by atoms with Crippen LogP contribution >= 0.6 is 0 Å². The topological polar surface area (TPSA) is 65.4 Å². The van der Waals surface area contributed by atoms with Crippen molar-refractivity contribution in [3.8, 4) is 34.1 Å². The van der Waals surface area contributed by atoms with Crippen molar-refractivity contribution in [2.24, 2.45) is 0 Å². The van der Waals surface area contributed by atoms with Crippen LogP contribution in [0.4, 0.5) is 0 Å². The molecule has 4 rings (SSSR count). The fourth-order valence-electron chi connectivity index (χ4n) is 5.04. The molecule has 2 heterocycles. The van der Waals surface area contributed by atoms with Gasteiger partial charge in [0.1, 0.15) is 0 Å². The summed E-state index contributed by atoms with van der Waals surface area (Å²) in [6, 6.07) is 4.07. The molecule has 2 atom stereocenters. The molecule has 0 radical (unpaired) electrons. The van der Waals surface area contributed by atoms with Gasteiger partial charge in [-0.2, -0.15) is 0 Å². The van der Waals surface area contributed by atoms with E-state index in [4.69, 9.17) is 9.47 Å². The minimum Gasteiger partial charge on any atom is -0.504 e. The Balaban J connectivity index is 2.14. The van der Waals surface area contributed by atoms with Gasteiger partial charge in [0.15, 0.2) is 23.0 Å². The van der Waals surface area contributed by atoms with E-state index in [1.807, 2.05) is 12.1 Å². The molecule has 0 saturated carbocycles. The van der Waals surface area contributed by atoms with Crippen LogP contribution in [0.3, 0.4) is 0 Å². The van der Waals surface area contributed by atoms with Gasteiger partial charge in [0.25, 0.3) is 0 Å².